The largest absolute Gasteiger partial charge is 0.399 e. The van der Waals surface area contributed by atoms with Gasteiger partial charge in [-0.1, -0.05) is 23.7 Å². The number of nitrogens with one attached hydrogen (secondary N) is 1. The fraction of sp³-hybridized carbons (Fsp3) is 0.0769. The molecule has 3 N–H and O–H groups in total. The Morgan fingerprint density at radius 1 is 1.18 bits per heavy atom. The number of hydrogen-bond donors (Lipinski definition) is 2. The Morgan fingerprint density at radius 3 is 2.71 bits per heavy atom. The van der Waals surface area contributed by atoms with Crippen molar-refractivity contribution in [2.45, 2.75) is 6.54 Å². The number of halogens is 2. The van der Waals surface area contributed by atoms with Crippen molar-refractivity contribution < 1.29 is 4.39 Å². The van der Waals surface area contributed by atoms with E-state index in [9.17, 15) is 4.39 Å². The monoisotopic (exact) mass is 250 g/mol. The van der Waals surface area contributed by atoms with Crippen molar-refractivity contribution >= 4 is 23.0 Å². The molecule has 0 saturated carbocycles. The summed E-state index contributed by atoms with van der Waals surface area (Å²) in [4.78, 5) is 0. The van der Waals surface area contributed by atoms with Crippen LogP contribution in [0.15, 0.2) is 42.5 Å². The number of hydrogen-bond acceptors (Lipinski definition) is 2. The molecule has 0 unspecified atom stereocenters. The topological polar surface area (TPSA) is 38.0 Å². The Morgan fingerprint density at radius 2 is 2.00 bits per heavy atom. The third-order valence-corrected chi connectivity index (χ3v) is 2.67. The predicted molar refractivity (Wildman–Crippen MR) is 69.6 cm³/mol. The third-order valence-electron chi connectivity index (χ3n) is 2.37. The fourth-order valence-electron chi connectivity index (χ4n) is 1.51. The molecule has 2 aromatic carbocycles. The molecule has 0 aliphatic heterocycles. The van der Waals surface area contributed by atoms with Crippen molar-refractivity contribution in [1.29, 1.82) is 0 Å². The fourth-order valence-corrected chi connectivity index (χ4v) is 1.63. The minimum absolute atomic E-state index is 0.125. The molecule has 0 spiro atoms. The Bertz CT molecular complexity index is 529. The number of anilines is 2. The van der Waals surface area contributed by atoms with Gasteiger partial charge >= 0.3 is 0 Å². The van der Waals surface area contributed by atoms with Gasteiger partial charge in [-0.2, -0.15) is 0 Å². The Kier molecular flexibility index (Phi) is 3.49. The van der Waals surface area contributed by atoms with Gasteiger partial charge in [0.2, 0.25) is 0 Å². The quantitative estimate of drug-likeness (QED) is 0.816. The normalized spacial score (nSPS) is 10.2. The standard InChI is InChI=1S/C13H12ClFN2/c14-12-5-4-11(7-13(12)15)17-8-9-2-1-3-10(16)6-9/h1-7,17H,8,16H2. The van der Waals surface area contributed by atoms with E-state index in [0.29, 0.717) is 17.9 Å². The summed E-state index contributed by atoms with van der Waals surface area (Å²) in [6.07, 6.45) is 0. The Balaban J connectivity index is 2.05. The highest BCUT2D eigenvalue weighted by Gasteiger charge is 2.00. The summed E-state index contributed by atoms with van der Waals surface area (Å²) in [6, 6.07) is 12.2. The number of rotatable bonds is 3. The van der Waals surface area contributed by atoms with Crippen LogP contribution < -0.4 is 11.1 Å². The first-order valence-electron chi connectivity index (χ1n) is 5.18. The lowest BCUT2D eigenvalue weighted by molar-refractivity contribution is 0.628. The van der Waals surface area contributed by atoms with E-state index >= 15 is 0 Å². The van der Waals surface area contributed by atoms with Crippen molar-refractivity contribution in [1.82, 2.24) is 0 Å². The van der Waals surface area contributed by atoms with Gasteiger partial charge in [0.25, 0.3) is 0 Å². The van der Waals surface area contributed by atoms with Gasteiger partial charge in [0.1, 0.15) is 5.82 Å². The maximum atomic E-state index is 13.2. The highest BCUT2D eigenvalue weighted by atomic mass is 35.5. The zero-order chi connectivity index (χ0) is 12.3. The van der Waals surface area contributed by atoms with Gasteiger partial charge in [-0.15, -0.1) is 0 Å². The second kappa shape index (κ2) is 5.06. The molecule has 0 bridgehead atoms. The van der Waals surface area contributed by atoms with Crippen molar-refractivity contribution in [3.63, 3.8) is 0 Å². The van der Waals surface area contributed by atoms with Crippen molar-refractivity contribution in [2.24, 2.45) is 0 Å². The molecular weight excluding hydrogens is 239 g/mol. The van der Waals surface area contributed by atoms with Crippen LogP contribution in [0.3, 0.4) is 0 Å². The van der Waals surface area contributed by atoms with Crippen LogP contribution in [0.1, 0.15) is 5.56 Å². The Hall–Kier alpha value is -1.74. The van der Waals surface area contributed by atoms with Gasteiger partial charge < -0.3 is 11.1 Å². The summed E-state index contributed by atoms with van der Waals surface area (Å²) in [5.74, 6) is -0.427. The van der Waals surface area contributed by atoms with E-state index in [1.165, 1.54) is 12.1 Å². The van der Waals surface area contributed by atoms with Gasteiger partial charge in [0.05, 0.1) is 5.02 Å². The van der Waals surface area contributed by atoms with Crippen LogP contribution in [0.2, 0.25) is 5.02 Å². The lowest BCUT2D eigenvalue weighted by Gasteiger charge is -2.07. The Labute approximate surface area is 104 Å². The summed E-state index contributed by atoms with van der Waals surface area (Å²) in [7, 11) is 0. The molecule has 88 valence electrons. The molecule has 2 rings (SSSR count). The van der Waals surface area contributed by atoms with Crippen LogP contribution in [-0.2, 0) is 6.54 Å². The summed E-state index contributed by atoms with van der Waals surface area (Å²) in [6.45, 7) is 0.589. The van der Waals surface area contributed by atoms with Gasteiger partial charge in [0, 0.05) is 17.9 Å². The van der Waals surface area contributed by atoms with E-state index < -0.39 is 5.82 Å². The van der Waals surface area contributed by atoms with Gasteiger partial charge in [-0.05, 0) is 35.9 Å². The molecule has 0 radical (unpaired) electrons. The average Bonchev–Trinajstić information content (AvgIpc) is 2.31. The lowest BCUT2D eigenvalue weighted by Crippen LogP contribution is -2.00. The molecule has 0 heterocycles. The molecule has 4 heteroatoms. The SMILES string of the molecule is Nc1cccc(CNc2ccc(Cl)c(F)c2)c1. The first-order valence-corrected chi connectivity index (χ1v) is 5.56. The molecule has 0 aromatic heterocycles. The van der Waals surface area contributed by atoms with Crippen LogP contribution >= 0.6 is 11.6 Å². The molecule has 0 fully saturated rings. The highest BCUT2D eigenvalue weighted by Crippen LogP contribution is 2.19. The second-order valence-corrected chi connectivity index (χ2v) is 4.13. The summed E-state index contributed by atoms with van der Waals surface area (Å²) in [5.41, 5.74) is 8.11. The van der Waals surface area contributed by atoms with Crippen LogP contribution in [0, 0.1) is 5.82 Å². The number of nitrogens with two attached hydrogens (primary N) is 1. The number of benzene rings is 2. The predicted octanol–water partition coefficient (Wildman–Crippen LogP) is 3.67. The molecule has 0 aliphatic rings. The van der Waals surface area contributed by atoms with E-state index in [-0.39, 0.29) is 5.02 Å². The lowest BCUT2D eigenvalue weighted by atomic mass is 10.2. The van der Waals surface area contributed by atoms with E-state index in [4.69, 9.17) is 17.3 Å². The van der Waals surface area contributed by atoms with E-state index in [1.54, 1.807) is 6.07 Å². The zero-order valence-electron chi connectivity index (χ0n) is 9.08. The van der Waals surface area contributed by atoms with Crippen LogP contribution in [0.5, 0.6) is 0 Å². The van der Waals surface area contributed by atoms with E-state index in [0.717, 1.165) is 5.56 Å². The van der Waals surface area contributed by atoms with E-state index in [2.05, 4.69) is 5.32 Å². The molecule has 17 heavy (non-hydrogen) atoms. The highest BCUT2D eigenvalue weighted by molar-refractivity contribution is 6.30. The molecule has 0 aliphatic carbocycles. The smallest absolute Gasteiger partial charge is 0.143 e. The summed E-state index contributed by atoms with van der Waals surface area (Å²) < 4.78 is 13.2. The van der Waals surface area contributed by atoms with Gasteiger partial charge in [0.15, 0.2) is 0 Å². The molecule has 0 saturated heterocycles. The van der Waals surface area contributed by atoms with Crippen molar-refractivity contribution in [2.75, 3.05) is 11.1 Å². The van der Waals surface area contributed by atoms with Crippen LogP contribution in [-0.4, -0.2) is 0 Å². The van der Waals surface area contributed by atoms with Crippen molar-refractivity contribution in [3.05, 3.63) is 58.9 Å². The maximum absolute atomic E-state index is 13.2. The van der Waals surface area contributed by atoms with Crippen LogP contribution in [0.25, 0.3) is 0 Å². The first-order chi connectivity index (χ1) is 8.15. The average molecular weight is 251 g/mol. The van der Waals surface area contributed by atoms with E-state index in [1.807, 2.05) is 24.3 Å². The molecule has 0 atom stereocenters. The van der Waals surface area contributed by atoms with Gasteiger partial charge in [-0.3, -0.25) is 0 Å². The number of nitrogen functional groups attached to an aromatic ring is 1. The van der Waals surface area contributed by atoms with Crippen LogP contribution in [0.4, 0.5) is 15.8 Å². The molecular formula is C13H12ClFN2. The first kappa shape index (κ1) is 11.7. The molecule has 2 nitrogen and oxygen atoms in total. The van der Waals surface area contributed by atoms with Gasteiger partial charge in [-0.25, -0.2) is 4.39 Å². The minimum atomic E-state index is -0.427. The van der Waals surface area contributed by atoms with Crippen molar-refractivity contribution in [3.8, 4) is 0 Å². The zero-order valence-corrected chi connectivity index (χ0v) is 9.84. The summed E-state index contributed by atoms with van der Waals surface area (Å²) in [5, 5.41) is 3.23. The summed E-state index contributed by atoms with van der Waals surface area (Å²) >= 11 is 5.60. The second-order valence-electron chi connectivity index (χ2n) is 3.73. The minimum Gasteiger partial charge on any atom is -0.399 e. The maximum Gasteiger partial charge on any atom is 0.143 e. The molecule has 2 aromatic rings. The molecule has 0 amide bonds. The third kappa shape index (κ3) is 3.11.